The van der Waals surface area contributed by atoms with Gasteiger partial charge in [0.1, 0.15) is 17.6 Å². The first kappa shape index (κ1) is 20.5. The zero-order chi connectivity index (χ0) is 20.1. The molecule has 0 spiro atoms. The van der Waals surface area contributed by atoms with Crippen LogP contribution in [-0.4, -0.2) is 68.2 Å². The van der Waals surface area contributed by atoms with Gasteiger partial charge in [-0.15, -0.1) is 0 Å². The van der Waals surface area contributed by atoms with E-state index in [4.69, 9.17) is 14.2 Å². The molecule has 1 atom stereocenters. The Labute approximate surface area is 166 Å². The number of benzene rings is 1. The second-order valence-corrected chi connectivity index (χ2v) is 7.47. The lowest BCUT2D eigenvalue weighted by Gasteiger charge is -2.32. The summed E-state index contributed by atoms with van der Waals surface area (Å²) in [6, 6.07) is 5.82. The molecule has 0 unspecified atom stereocenters. The van der Waals surface area contributed by atoms with Gasteiger partial charge in [-0.2, -0.15) is 0 Å². The molecule has 28 heavy (non-hydrogen) atoms. The Morgan fingerprint density at radius 2 is 1.96 bits per heavy atom. The first-order valence-electron chi connectivity index (χ1n) is 9.95. The number of likely N-dealkylation sites (tertiary alicyclic amines) is 1. The summed E-state index contributed by atoms with van der Waals surface area (Å²) < 4.78 is 16.3. The molecule has 1 saturated heterocycles. The van der Waals surface area contributed by atoms with Crippen molar-refractivity contribution in [2.45, 2.75) is 38.8 Å². The van der Waals surface area contributed by atoms with Gasteiger partial charge in [-0.05, 0) is 37.5 Å². The highest BCUT2D eigenvalue weighted by Crippen LogP contribution is 2.29. The number of carbonyl (C=O) groups is 2. The maximum atomic E-state index is 12.9. The molecule has 3 rings (SSSR count). The van der Waals surface area contributed by atoms with Crippen LogP contribution < -0.4 is 9.47 Å². The quantitative estimate of drug-likeness (QED) is 0.717. The van der Waals surface area contributed by atoms with Gasteiger partial charge in [-0.1, -0.05) is 6.92 Å². The Morgan fingerprint density at radius 1 is 1.21 bits per heavy atom. The van der Waals surface area contributed by atoms with Crippen molar-refractivity contribution in [1.29, 1.82) is 0 Å². The summed E-state index contributed by atoms with van der Waals surface area (Å²) in [4.78, 5) is 28.5. The number of ether oxygens (including phenoxy) is 3. The van der Waals surface area contributed by atoms with Gasteiger partial charge in [0.2, 0.25) is 5.91 Å². The molecule has 1 fully saturated rings. The van der Waals surface area contributed by atoms with Crippen LogP contribution in [-0.2, 0) is 20.9 Å². The molecule has 7 heteroatoms. The summed E-state index contributed by atoms with van der Waals surface area (Å²) >= 11 is 0. The molecule has 7 nitrogen and oxygen atoms in total. The van der Waals surface area contributed by atoms with Crippen LogP contribution in [0.15, 0.2) is 18.2 Å². The lowest BCUT2D eigenvalue weighted by atomic mass is 9.97. The van der Waals surface area contributed by atoms with E-state index in [1.807, 2.05) is 23.1 Å². The monoisotopic (exact) mass is 390 g/mol. The van der Waals surface area contributed by atoms with E-state index in [0.29, 0.717) is 45.6 Å². The van der Waals surface area contributed by atoms with Crippen molar-refractivity contribution in [3.8, 4) is 11.5 Å². The molecule has 0 aromatic heterocycles. The number of hydrogen-bond donors (Lipinski definition) is 0. The van der Waals surface area contributed by atoms with Crippen LogP contribution in [0.2, 0.25) is 0 Å². The molecule has 154 valence electrons. The van der Waals surface area contributed by atoms with E-state index in [1.54, 1.807) is 7.11 Å². The molecule has 2 aliphatic heterocycles. The maximum Gasteiger partial charge on any atom is 0.308 e. The molecule has 0 aliphatic carbocycles. The third-order valence-corrected chi connectivity index (χ3v) is 5.61. The number of rotatable bonds is 5. The minimum Gasteiger partial charge on any atom is -0.497 e. The van der Waals surface area contributed by atoms with E-state index in [-0.39, 0.29) is 23.9 Å². The number of nitrogens with zero attached hydrogens (tertiary/aromatic N) is 2. The maximum absolute atomic E-state index is 12.9. The van der Waals surface area contributed by atoms with Crippen LogP contribution >= 0.6 is 0 Å². The van der Waals surface area contributed by atoms with Crippen LogP contribution in [0.4, 0.5) is 0 Å². The highest BCUT2D eigenvalue weighted by Gasteiger charge is 2.30. The van der Waals surface area contributed by atoms with Crippen LogP contribution in [0, 0.1) is 5.92 Å². The minimum atomic E-state index is -0.173. The Balaban J connectivity index is 1.64. The zero-order valence-electron chi connectivity index (χ0n) is 17.0. The smallest absolute Gasteiger partial charge is 0.308 e. The summed E-state index contributed by atoms with van der Waals surface area (Å²) in [6.07, 6.45) is 2.26. The average Bonchev–Trinajstić information content (AvgIpc) is 2.90. The topological polar surface area (TPSA) is 68.3 Å². The average molecular weight is 390 g/mol. The van der Waals surface area contributed by atoms with Crippen molar-refractivity contribution < 1.29 is 23.8 Å². The number of amides is 1. The van der Waals surface area contributed by atoms with E-state index >= 15 is 0 Å². The van der Waals surface area contributed by atoms with Crippen LogP contribution in [0.5, 0.6) is 11.5 Å². The van der Waals surface area contributed by atoms with Gasteiger partial charge in [0.25, 0.3) is 0 Å². The summed E-state index contributed by atoms with van der Waals surface area (Å²) in [5.41, 5.74) is 1.03. The van der Waals surface area contributed by atoms with Crippen molar-refractivity contribution in [1.82, 2.24) is 9.80 Å². The Kier molecular flexibility index (Phi) is 6.78. The zero-order valence-corrected chi connectivity index (χ0v) is 17.0. The summed E-state index contributed by atoms with van der Waals surface area (Å²) in [6.45, 7) is 5.00. The molecule has 2 aliphatic rings. The van der Waals surface area contributed by atoms with E-state index in [2.05, 4.69) is 11.8 Å². The highest BCUT2D eigenvalue weighted by molar-refractivity contribution is 5.79. The third-order valence-electron chi connectivity index (χ3n) is 5.61. The van der Waals surface area contributed by atoms with Crippen molar-refractivity contribution in [2.75, 3.05) is 40.4 Å². The molecule has 1 aromatic rings. The summed E-state index contributed by atoms with van der Waals surface area (Å²) in [5, 5.41) is 0. The number of esters is 1. The van der Waals surface area contributed by atoms with Gasteiger partial charge in [0.05, 0.1) is 26.7 Å². The van der Waals surface area contributed by atoms with Crippen molar-refractivity contribution in [3.05, 3.63) is 23.8 Å². The van der Waals surface area contributed by atoms with E-state index in [0.717, 1.165) is 23.5 Å². The van der Waals surface area contributed by atoms with Gasteiger partial charge < -0.3 is 19.1 Å². The van der Waals surface area contributed by atoms with E-state index in [9.17, 15) is 9.59 Å². The van der Waals surface area contributed by atoms with Crippen molar-refractivity contribution in [2.24, 2.45) is 5.92 Å². The molecular weight excluding hydrogens is 360 g/mol. The predicted molar refractivity (Wildman–Crippen MR) is 104 cm³/mol. The highest BCUT2D eigenvalue weighted by atomic mass is 16.5. The lowest BCUT2D eigenvalue weighted by Crippen LogP contribution is -2.46. The Bertz CT molecular complexity index is 700. The second kappa shape index (κ2) is 9.28. The first-order chi connectivity index (χ1) is 13.5. The van der Waals surface area contributed by atoms with Crippen molar-refractivity contribution in [3.63, 3.8) is 0 Å². The van der Waals surface area contributed by atoms with Gasteiger partial charge >= 0.3 is 5.97 Å². The molecule has 0 N–H and O–H groups in total. The number of fused-ring (bicyclic) bond motifs is 1. The normalized spacial score (nSPS) is 20.7. The first-order valence-corrected chi connectivity index (χ1v) is 9.95. The number of carbonyl (C=O) groups excluding carboxylic acids is 2. The van der Waals surface area contributed by atoms with Gasteiger partial charge in [-0.25, -0.2) is 0 Å². The number of piperidine rings is 1. The second-order valence-electron chi connectivity index (χ2n) is 7.47. The van der Waals surface area contributed by atoms with E-state index in [1.165, 1.54) is 7.11 Å². The number of hydrogen-bond acceptors (Lipinski definition) is 6. The fourth-order valence-electron chi connectivity index (χ4n) is 3.89. The predicted octanol–water partition coefficient (Wildman–Crippen LogP) is 2.08. The minimum absolute atomic E-state index is 0.0486. The summed E-state index contributed by atoms with van der Waals surface area (Å²) in [7, 11) is 3.06. The van der Waals surface area contributed by atoms with Crippen molar-refractivity contribution >= 4 is 11.9 Å². The molecular formula is C21H30N2O5. The lowest BCUT2D eigenvalue weighted by molar-refractivity contribution is -0.149. The Morgan fingerprint density at radius 3 is 2.61 bits per heavy atom. The largest absolute Gasteiger partial charge is 0.497 e. The fraction of sp³-hybridized carbons (Fsp3) is 0.619. The van der Waals surface area contributed by atoms with Gasteiger partial charge in [0, 0.05) is 31.7 Å². The molecule has 0 radical (unpaired) electrons. The molecule has 0 bridgehead atoms. The third kappa shape index (κ3) is 4.76. The van der Waals surface area contributed by atoms with E-state index < -0.39 is 0 Å². The Hall–Kier alpha value is -2.28. The molecule has 0 saturated carbocycles. The van der Waals surface area contributed by atoms with Crippen LogP contribution in [0.25, 0.3) is 0 Å². The molecule has 1 aromatic carbocycles. The van der Waals surface area contributed by atoms with Gasteiger partial charge in [-0.3, -0.25) is 14.5 Å². The van der Waals surface area contributed by atoms with Gasteiger partial charge in [0.15, 0.2) is 0 Å². The standard InChI is InChI=1S/C21H30N2O5/c1-4-17-13-22(12-16-11-18(26-2)5-6-19(16)28-17)14-20(24)23-9-7-15(8-10-23)21(25)27-3/h5-6,11,15,17H,4,7-10,12-14H2,1-3H3/t17-/m1/s1. The SMILES string of the molecule is CC[C@@H]1CN(CC(=O)N2CCC(C(=O)OC)CC2)Cc2cc(OC)ccc2O1. The fourth-order valence-corrected chi connectivity index (χ4v) is 3.89. The van der Waals surface area contributed by atoms with Crippen LogP contribution in [0.1, 0.15) is 31.7 Å². The summed E-state index contributed by atoms with van der Waals surface area (Å²) in [5.74, 6) is 1.48. The molecule has 1 amide bonds. The van der Waals surface area contributed by atoms with Crippen LogP contribution in [0.3, 0.4) is 0 Å². The molecule has 2 heterocycles. The number of methoxy groups -OCH3 is 2.